The molecule has 1 atom stereocenters. The molecule has 5 nitrogen and oxygen atoms in total. The summed E-state index contributed by atoms with van der Waals surface area (Å²) >= 11 is 0. The van der Waals surface area contributed by atoms with E-state index in [2.05, 4.69) is 28.5 Å². The highest BCUT2D eigenvalue weighted by molar-refractivity contribution is 5.96. The third-order valence-electron chi connectivity index (χ3n) is 3.72. The highest BCUT2D eigenvalue weighted by Crippen LogP contribution is 2.26. The molecule has 1 aliphatic heterocycles. The minimum absolute atomic E-state index is 0.210. The van der Waals surface area contributed by atoms with Crippen molar-refractivity contribution in [3.05, 3.63) is 23.8 Å². The zero-order valence-corrected chi connectivity index (χ0v) is 12.9. The van der Waals surface area contributed by atoms with Crippen LogP contribution < -0.4 is 15.5 Å². The van der Waals surface area contributed by atoms with Crippen molar-refractivity contribution in [2.24, 2.45) is 0 Å². The Balaban J connectivity index is 2.02. The van der Waals surface area contributed by atoms with E-state index in [1.807, 2.05) is 12.1 Å². The summed E-state index contributed by atoms with van der Waals surface area (Å²) in [6, 6.07) is 5.41. The van der Waals surface area contributed by atoms with E-state index in [4.69, 9.17) is 0 Å². The topological polar surface area (TPSA) is 61.4 Å². The molecule has 2 rings (SSSR count). The summed E-state index contributed by atoms with van der Waals surface area (Å²) in [6.45, 7) is 7.33. The van der Waals surface area contributed by atoms with Gasteiger partial charge in [-0.05, 0) is 50.5 Å². The molecule has 2 amide bonds. The average Bonchev–Trinajstić information content (AvgIpc) is 2.91. The summed E-state index contributed by atoms with van der Waals surface area (Å²) in [5, 5.41) is 5.41. The molecular formula is C16H23N3O2. The van der Waals surface area contributed by atoms with Gasteiger partial charge in [-0.25, -0.2) is 0 Å². The van der Waals surface area contributed by atoms with Crippen molar-refractivity contribution >= 4 is 23.2 Å². The van der Waals surface area contributed by atoms with Gasteiger partial charge in [0, 0.05) is 31.4 Å². The summed E-state index contributed by atoms with van der Waals surface area (Å²) < 4.78 is 0. The van der Waals surface area contributed by atoms with Gasteiger partial charge < -0.3 is 15.5 Å². The first-order valence-electron chi connectivity index (χ1n) is 7.41. The molecule has 0 radical (unpaired) electrons. The van der Waals surface area contributed by atoms with Crippen LogP contribution >= 0.6 is 0 Å². The van der Waals surface area contributed by atoms with Gasteiger partial charge in [-0.3, -0.25) is 9.59 Å². The molecule has 1 heterocycles. The van der Waals surface area contributed by atoms with E-state index in [0.717, 1.165) is 24.3 Å². The van der Waals surface area contributed by atoms with E-state index in [9.17, 15) is 9.59 Å². The van der Waals surface area contributed by atoms with Crippen molar-refractivity contribution in [1.82, 2.24) is 5.32 Å². The lowest BCUT2D eigenvalue weighted by molar-refractivity contribution is -0.124. The van der Waals surface area contributed by atoms with Crippen molar-refractivity contribution in [2.75, 3.05) is 23.3 Å². The van der Waals surface area contributed by atoms with Gasteiger partial charge in [0.1, 0.15) is 6.04 Å². The average molecular weight is 289 g/mol. The number of carbonyl (C=O) groups excluding carboxylic acids is 2. The number of rotatable bonds is 4. The Labute approximate surface area is 125 Å². The number of hydrogen-bond acceptors (Lipinski definition) is 3. The lowest BCUT2D eigenvalue weighted by Gasteiger charge is -2.21. The fourth-order valence-corrected chi connectivity index (χ4v) is 2.67. The Bertz CT molecular complexity index is 536. The molecule has 5 heteroatoms. The maximum atomic E-state index is 12.0. The van der Waals surface area contributed by atoms with E-state index < -0.39 is 6.04 Å². The highest BCUT2D eigenvalue weighted by atomic mass is 16.2. The van der Waals surface area contributed by atoms with Crippen LogP contribution in [-0.2, 0) is 9.59 Å². The van der Waals surface area contributed by atoms with Gasteiger partial charge in [-0.15, -0.1) is 0 Å². The van der Waals surface area contributed by atoms with Crippen LogP contribution in [0.4, 0.5) is 11.4 Å². The third-order valence-corrected chi connectivity index (χ3v) is 3.72. The summed E-state index contributed by atoms with van der Waals surface area (Å²) in [6.07, 6.45) is 2.48. The standard InChI is InChI=1S/C16H23N3O2/c1-11-10-14(18-16(21)12(2)17-13(3)20)6-7-15(11)19-8-4-5-9-19/h6-7,10,12H,4-5,8-9H2,1-3H3,(H,17,20)(H,18,21). The van der Waals surface area contributed by atoms with E-state index in [1.54, 1.807) is 6.92 Å². The van der Waals surface area contributed by atoms with Gasteiger partial charge in [-0.2, -0.15) is 0 Å². The monoisotopic (exact) mass is 289 g/mol. The molecule has 0 aromatic heterocycles. The number of aryl methyl sites for hydroxylation is 1. The Morgan fingerprint density at radius 2 is 1.90 bits per heavy atom. The molecule has 1 unspecified atom stereocenters. The van der Waals surface area contributed by atoms with Crippen LogP contribution in [0.1, 0.15) is 32.3 Å². The van der Waals surface area contributed by atoms with Crippen molar-refractivity contribution in [3.8, 4) is 0 Å². The molecular weight excluding hydrogens is 266 g/mol. The predicted octanol–water partition coefficient (Wildman–Crippen LogP) is 2.06. The summed E-state index contributed by atoms with van der Waals surface area (Å²) in [5.74, 6) is -0.420. The van der Waals surface area contributed by atoms with E-state index in [-0.39, 0.29) is 11.8 Å². The number of carbonyl (C=O) groups is 2. The van der Waals surface area contributed by atoms with Gasteiger partial charge in [0.25, 0.3) is 0 Å². The van der Waals surface area contributed by atoms with Gasteiger partial charge in [-0.1, -0.05) is 0 Å². The lowest BCUT2D eigenvalue weighted by atomic mass is 10.1. The second kappa shape index (κ2) is 6.61. The Kier molecular flexibility index (Phi) is 4.83. The van der Waals surface area contributed by atoms with Crippen molar-refractivity contribution in [2.45, 2.75) is 39.7 Å². The second-order valence-corrected chi connectivity index (χ2v) is 5.61. The lowest BCUT2D eigenvalue weighted by Crippen LogP contribution is -2.40. The van der Waals surface area contributed by atoms with Crippen LogP contribution in [0, 0.1) is 6.92 Å². The zero-order chi connectivity index (χ0) is 15.4. The van der Waals surface area contributed by atoms with Crippen LogP contribution in [-0.4, -0.2) is 30.9 Å². The molecule has 0 spiro atoms. The summed E-state index contributed by atoms with van der Waals surface area (Å²) in [7, 11) is 0. The largest absolute Gasteiger partial charge is 0.371 e. The van der Waals surface area contributed by atoms with Crippen LogP contribution in [0.5, 0.6) is 0 Å². The van der Waals surface area contributed by atoms with Gasteiger partial charge in [0.05, 0.1) is 0 Å². The molecule has 0 saturated carbocycles. The van der Waals surface area contributed by atoms with Gasteiger partial charge in [0.2, 0.25) is 11.8 Å². The van der Waals surface area contributed by atoms with Crippen molar-refractivity contribution < 1.29 is 9.59 Å². The zero-order valence-electron chi connectivity index (χ0n) is 12.9. The fourth-order valence-electron chi connectivity index (χ4n) is 2.67. The molecule has 114 valence electrons. The Hall–Kier alpha value is -2.04. The molecule has 1 aromatic rings. The van der Waals surface area contributed by atoms with E-state index in [0.29, 0.717) is 0 Å². The minimum Gasteiger partial charge on any atom is -0.371 e. The minimum atomic E-state index is -0.541. The van der Waals surface area contributed by atoms with Gasteiger partial charge >= 0.3 is 0 Å². The maximum absolute atomic E-state index is 12.0. The van der Waals surface area contributed by atoms with Crippen molar-refractivity contribution in [3.63, 3.8) is 0 Å². The highest BCUT2D eigenvalue weighted by Gasteiger charge is 2.16. The van der Waals surface area contributed by atoms with E-state index in [1.165, 1.54) is 25.5 Å². The first-order chi connectivity index (χ1) is 9.97. The summed E-state index contributed by atoms with van der Waals surface area (Å²) in [4.78, 5) is 25.3. The number of hydrogen-bond donors (Lipinski definition) is 2. The van der Waals surface area contributed by atoms with Crippen LogP contribution in [0.15, 0.2) is 18.2 Å². The molecule has 1 fully saturated rings. The SMILES string of the molecule is CC(=O)NC(C)C(=O)Nc1ccc(N2CCCC2)c(C)c1. The third kappa shape index (κ3) is 3.97. The molecule has 0 bridgehead atoms. The van der Waals surface area contributed by atoms with Crippen LogP contribution in [0.3, 0.4) is 0 Å². The molecule has 1 saturated heterocycles. The van der Waals surface area contributed by atoms with Crippen molar-refractivity contribution in [1.29, 1.82) is 0 Å². The van der Waals surface area contributed by atoms with Crippen LogP contribution in [0.25, 0.3) is 0 Å². The second-order valence-electron chi connectivity index (χ2n) is 5.61. The molecule has 1 aliphatic rings. The predicted molar refractivity (Wildman–Crippen MR) is 84.5 cm³/mol. The number of nitrogens with one attached hydrogen (secondary N) is 2. The quantitative estimate of drug-likeness (QED) is 0.892. The number of amides is 2. The molecule has 2 N–H and O–H groups in total. The fraction of sp³-hybridized carbons (Fsp3) is 0.500. The smallest absolute Gasteiger partial charge is 0.246 e. The number of anilines is 2. The summed E-state index contributed by atoms with van der Waals surface area (Å²) in [5.41, 5.74) is 3.15. The van der Waals surface area contributed by atoms with Gasteiger partial charge in [0.15, 0.2) is 0 Å². The first-order valence-corrected chi connectivity index (χ1v) is 7.41. The van der Waals surface area contributed by atoms with Crippen LogP contribution in [0.2, 0.25) is 0 Å². The Morgan fingerprint density at radius 1 is 1.24 bits per heavy atom. The van der Waals surface area contributed by atoms with E-state index >= 15 is 0 Å². The number of nitrogens with zero attached hydrogens (tertiary/aromatic N) is 1. The number of benzene rings is 1. The Morgan fingerprint density at radius 3 is 2.48 bits per heavy atom. The maximum Gasteiger partial charge on any atom is 0.246 e. The molecule has 21 heavy (non-hydrogen) atoms. The molecule has 0 aliphatic carbocycles. The normalized spacial score (nSPS) is 15.7. The first kappa shape index (κ1) is 15.4. The molecule has 1 aromatic carbocycles.